The molecule has 1 aliphatic carbocycles. The number of nitrogens with zero attached hydrogens (tertiary/aromatic N) is 5. The molecule has 8 nitrogen and oxygen atoms in total. The van der Waals surface area contributed by atoms with Crippen molar-refractivity contribution >= 4 is 29.1 Å². The van der Waals surface area contributed by atoms with Crippen LogP contribution in [0.25, 0.3) is 16.9 Å². The average Bonchev–Trinajstić information content (AvgIpc) is 3.26. The first-order valence-electron chi connectivity index (χ1n) is 12.6. The van der Waals surface area contributed by atoms with Crippen molar-refractivity contribution in [1.82, 2.24) is 24.4 Å². The van der Waals surface area contributed by atoms with Crippen LogP contribution in [-0.4, -0.2) is 72.6 Å². The summed E-state index contributed by atoms with van der Waals surface area (Å²) in [6.45, 7) is 9.22. The van der Waals surface area contributed by atoms with E-state index < -0.39 is 11.4 Å². The van der Waals surface area contributed by atoms with Gasteiger partial charge in [0.2, 0.25) is 5.91 Å². The normalized spacial score (nSPS) is 21.4. The maximum atomic E-state index is 13.7. The van der Waals surface area contributed by atoms with Gasteiger partial charge in [0.05, 0.1) is 28.6 Å². The lowest BCUT2D eigenvalue weighted by atomic mass is 9.81. The first-order valence-corrected chi connectivity index (χ1v) is 13.0. The van der Waals surface area contributed by atoms with Crippen LogP contribution in [0, 0.1) is 11.7 Å². The number of aliphatic hydroxyl groups excluding tert-OH is 1. The minimum atomic E-state index is -0.590. The Balaban J connectivity index is 1.43. The van der Waals surface area contributed by atoms with Gasteiger partial charge in [-0.25, -0.2) is 13.9 Å². The number of piperazine rings is 1. The molecule has 1 aliphatic heterocycles. The molecule has 2 fully saturated rings. The van der Waals surface area contributed by atoms with Crippen LogP contribution in [0.5, 0.6) is 0 Å². The van der Waals surface area contributed by atoms with E-state index in [1.165, 1.54) is 12.1 Å². The van der Waals surface area contributed by atoms with E-state index in [1.54, 1.807) is 21.7 Å². The number of carbonyl (C=O) groups excluding carboxylic acids is 2. The van der Waals surface area contributed by atoms with Gasteiger partial charge in [0, 0.05) is 36.7 Å². The van der Waals surface area contributed by atoms with E-state index in [0.717, 1.165) is 5.56 Å². The molecule has 10 heteroatoms. The fourth-order valence-electron chi connectivity index (χ4n) is 5.23. The number of hydrogen-bond acceptors (Lipinski definition) is 5. The zero-order valence-electron chi connectivity index (χ0n) is 21.4. The van der Waals surface area contributed by atoms with Gasteiger partial charge in [0.1, 0.15) is 11.5 Å². The molecule has 3 aromatic rings. The number of benzene rings is 1. The number of halogens is 2. The van der Waals surface area contributed by atoms with Crippen molar-refractivity contribution in [3.8, 4) is 11.3 Å². The summed E-state index contributed by atoms with van der Waals surface area (Å²) in [7, 11) is 0. The van der Waals surface area contributed by atoms with Crippen molar-refractivity contribution in [2.24, 2.45) is 5.92 Å². The quantitative estimate of drug-likeness (QED) is 0.550. The van der Waals surface area contributed by atoms with E-state index in [-0.39, 0.29) is 40.5 Å². The molecular formula is C27H31ClFN5O3. The first kappa shape index (κ1) is 25.6. The number of rotatable bonds is 4. The second-order valence-electron chi connectivity index (χ2n) is 11.0. The number of imidazole rings is 1. The van der Waals surface area contributed by atoms with Crippen LogP contribution in [0.15, 0.2) is 30.5 Å². The molecule has 2 aromatic heterocycles. The Hall–Kier alpha value is -3.04. The molecule has 37 heavy (non-hydrogen) atoms. The maximum Gasteiger partial charge on any atom is 0.274 e. The lowest BCUT2D eigenvalue weighted by molar-refractivity contribution is -0.146. The van der Waals surface area contributed by atoms with E-state index >= 15 is 0 Å². The zero-order chi connectivity index (χ0) is 26.6. The van der Waals surface area contributed by atoms with Gasteiger partial charge in [-0.05, 0) is 56.9 Å². The van der Waals surface area contributed by atoms with Gasteiger partial charge in [0.15, 0.2) is 5.65 Å². The van der Waals surface area contributed by atoms with Gasteiger partial charge in [0.25, 0.3) is 5.91 Å². The maximum absolute atomic E-state index is 13.7. The molecule has 1 saturated carbocycles. The third kappa shape index (κ3) is 4.70. The molecule has 0 bridgehead atoms. The second kappa shape index (κ2) is 9.36. The summed E-state index contributed by atoms with van der Waals surface area (Å²) in [6.07, 6.45) is 2.26. The lowest BCUT2D eigenvalue weighted by Crippen LogP contribution is -2.63. The summed E-state index contributed by atoms with van der Waals surface area (Å²) in [5, 5.41) is 14.2. The molecule has 2 amide bonds. The van der Waals surface area contributed by atoms with Crippen molar-refractivity contribution in [3.63, 3.8) is 0 Å². The zero-order valence-corrected chi connectivity index (χ0v) is 22.2. The Morgan fingerprint density at radius 2 is 1.92 bits per heavy atom. The Bertz CT molecular complexity index is 1380. The van der Waals surface area contributed by atoms with Gasteiger partial charge >= 0.3 is 0 Å². The van der Waals surface area contributed by atoms with Gasteiger partial charge in [-0.2, -0.15) is 5.10 Å². The topological polar surface area (TPSA) is 91.0 Å². The van der Waals surface area contributed by atoms with Gasteiger partial charge in [-0.1, -0.05) is 25.4 Å². The molecule has 0 radical (unpaired) electrons. The van der Waals surface area contributed by atoms with Crippen molar-refractivity contribution in [2.75, 3.05) is 19.6 Å². The third-order valence-corrected chi connectivity index (χ3v) is 7.72. The molecule has 1 aromatic carbocycles. The van der Waals surface area contributed by atoms with Gasteiger partial charge in [-0.3, -0.25) is 9.59 Å². The summed E-state index contributed by atoms with van der Waals surface area (Å²) in [4.78, 5) is 34.7. The van der Waals surface area contributed by atoms with E-state index in [2.05, 4.69) is 10.1 Å². The minimum Gasteiger partial charge on any atom is -0.393 e. The number of carbonyl (C=O) groups is 2. The number of aromatic nitrogens is 3. The van der Waals surface area contributed by atoms with E-state index in [4.69, 9.17) is 11.6 Å². The fourth-order valence-corrected chi connectivity index (χ4v) is 5.41. The van der Waals surface area contributed by atoms with E-state index in [9.17, 15) is 19.1 Å². The standard InChI is InChI=1S/C27H31ClFN5O3/c1-15(2)19-12-22(16-5-6-21(29)20(28)11-16)31-34-13-23(30-24(19)34)26(37)33-8-7-32(14-27(33,3)4)25(36)17-9-18(35)10-17/h5-6,11-13,15,17-18,35H,7-10,14H2,1-4H3/t17-,18+. The molecule has 1 saturated heterocycles. The SMILES string of the molecule is CC(C)c1cc(-c2ccc(F)c(Cl)c2)nn2cc(C(=O)N3CCN(C(=O)[C@H]4C[C@@H](O)C4)CC3(C)C)nc12. The van der Waals surface area contributed by atoms with E-state index in [1.807, 2.05) is 38.7 Å². The Morgan fingerprint density at radius 3 is 2.54 bits per heavy atom. The van der Waals surface area contributed by atoms with Crippen LogP contribution in [0.1, 0.15) is 62.5 Å². The summed E-state index contributed by atoms with van der Waals surface area (Å²) < 4.78 is 15.3. The minimum absolute atomic E-state index is 0.0142. The summed E-state index contributed by atoms with van der Waals surface area (Å²) >= 11 is 6.00. The van der Waals surface area contributed by atoms with Gasteiger partial charge < -0.3 is 14.9 Å². The highest BCUT2D eigenvalue weighted by Crippen LogP contribution is 2.32. The van der Waals surface area contributed by atoms with Crippen LogP contribution >= 0.6 is 11.6 Å². The number of aliphatic hydroxyl groups is 1. The third-order valence-electron chi connectivity index (χ3n) is 7.43. The molecule has 0 unspecified atom stereocenters. The second-order valence-corrected chi connectivity index (χ2v) is 11.4. The fraction of sp³-hybridized carbons (Fsp3) is 0.481. The molecule has 0 atom stereocenters. The molecular weight excluding hydrogens is 497 g/mol. The Morgan fingerprint density at radius 1 is 1.19 bits per heavy atom. The van der Waals surface area contributed by atoms with E-state index in [0.29, 0.717) is 49.4 Å². The van der Waals surface area contributed by atoms with Crippen molar-refractivity contribution in [2.45, 2.75) is 58.1 Å². The number of hydrogen-bond donors (Lipinski definition) is 1. The predicted octanol–water partition coefficient (Wildman–Crippen LogP) is 4.15. The predicted molar refractivity (Wildman–Crippen MR) is 138 cm³/mol. The first-order chi connectivity index (χ1) is 17.4. The van der Waals surface area contributed by atoms with Crippen LogP contribution in [-0.2, 0) is 4.79 Å². The van der Waals surface area contributed by atoms with Crippen molar-refractivity contribution in [1.29, 1.82) is 0 Å². The highest BCUT2D eigenvalue weighted by Gasteiger charge is 2.43. The summed E-state index contributed by atoms with van der Waals surface area (Å²) in [5.41, 5.74) is 2.44. The smallest absolute Gasteiger partial charge is 0.274 e. The largest absolute Gasteiger partial charge is 0.393 e. The Labute approximate surface area is 220 Å². The average molecular weight is 528 g/mol. The number of fused-ring (bicyclic) bond motifs is 1. The summed E-state index contributed by atoms with van der Waals surface area (Å²) in [5.74, 6) is -0.695. The Kier molecular flexibility index (Phi) is 6.48. The molecule has 0 spiro atoms. The monoisotopic (exact) mass is 527 g/mol. The summed E-state index contributed by atoms with van der Waals surface area (Å²) in [6, 6.07) is 6.36. The molecule has 196 valence electrons. The van der Waals surface area contributed by atoms with Crippen LogP contribution in [0.4, 0.5) is 4.39 Å². The van der Waals surface area contributed by atoms with Crippen LogP contribution in [0.3, 0.4) is 0 Å². The highest BCUT2D eigenvalue weighted by atomic mass is 35.5. The van der Waals surface area contributed by atoms with Crippen molar-refractivity contribution in [3.05, 3.63) is 52.6 Å². The molecule has 3 heterocycles. The number of amides is 2. The molecule has 1 N–H and O–H groups in total. The lowest BCUT2D eigenvalue weighted by Gasteiger charge is -2.48. The van der Waals surface area contributed by atoms with Crippen LogP contribution < -0.4 is 0 Å². The van der Waals surface area contributed by atoms with Gasteiger partial charge in [-0.15, -0.1) is 0 Å². The van der Waals surface area contributed by atoms with Crippen molar-refractivity contribution < 1.29 is 19.1 Å². The molecule has 2 aliphatic rings. The van der Waals surface area contributed by atoms with Crippen LogP contribution in [0.2, 0.25) is 5.02 Å². The highest BCUT2D eigenvalue weighted by molar-refractivity contribution is 6.31. The molecule has 5 rings (SSSR count).